The highest BCUT2D eigenvalue weighted by Crippen LogP contribution is 2.28. The first kappa shape index (κ1) is 13.5. The van der Waals surface area contributed by atoms with Gasteiger partial charge in [-0.15, -0.1) is 0 Å². The molecular weight excluding hydrogens is 225 g/mol. The van der Waals surface area contributed by atoms with Crippen LogP contribution in [0.5, 0.6) is 0 Å². The maximum atomic E-state index is 13.1. The fourth-order valence-electron chi connectivity index (χ4n) is 2.98. The van der Waals surface area contributed by atoms with E-state index in [4.69, 9.17) is 0 Å². The van der Waals surface area contributed by atoms with E-state index >= 15 is 0 Å². The fraction of sp³-hybridized carbons (Fsp3) is 0.625. The minimum atomic E-state index is -0.146. The van der Waals surface area contributed by atoms with Gasteiger partial charge in [-0.05, 0) is 55.8 Å². The molecule has 1 N–H and O–H groups in total. The Morgan fingerprint density at radius 2 is 2.22 bits per heavy atom. The first-order valence-electron chi connectivity index (χ1n) is 7.14. The van der Waals surface area contributed by atoms with Crippen LogP contribution in [0.3, 0.4) is 0 Å². The molecule has 18 heavy (non-hydrogen) atoms. The lowest BCUT2D eigenvalue weighted by Crippen LogP contribution is -2.28. The molecule has 0 saturated heterocycles. The molecule has 3 unspecified atom stereocenters. The normalized spacial score (nSPS) is 25.9. The molecule has 1 aromatic rings. The van der Waals surface area contributed by atoms with E-state index in [2.05, 4.69) is 19.2 Å². The lowest BCUT2D eigenvalue weighted by molar-refractivity contribution is 0.268. The Balaban J connectivity index is 1.82. The Hall–Kier alpha value is -0.890. The summed E-state index contributed by atoms with van der Waals surface area (Å²) in [6.45, 7) is 5.52. The molecule has 1 fully saturated rings. The molecule has 0 aromatic heterocycles. The predicted molar refractivity (Wildman–Crippen MR) is 73.9 cm³/mol. The van der Waals surface area contributed by atoms with Crippen LogP contribution in [0.25, 0.3) is 0 Å². The molecule has 1 aromatic carbocycles. The van der Waals surface area contributed by atoms with Crippen molar-refractivity contribution in [1.29, 1.82) is 0 Å². The Morgan fingerprint density at radius 1 is 1.39 bits per heavy atom. The first-order valence-corrected chi connectivity index (χ1v) is 7.14. The summed E-state index contributed by atoms with van der Waals surface area (Å²) in [7, 11) is 0. The average molecular weight is 249 g/mol. The van der Waals surface area contributed by atoms with Crippen LogP contribution < -0.4 is 5.32 Å². The van der Waals surface area contributed by atoms with Gasteiger partial charge in [-0.3, -0.25) is 0 Å². The van der Waals surface area contributed by atoms with Gasteiger partial charge in [0.05, 0.1) is 0 Å². The third kappa shape index (κ3) is 3.81. The predicted octanol–water partition coefficient (Wildman–Crippen LogP) is 4.30. The Morgan fingerprint density at radius 3 is 2.94 bits per heavy atom. The number of halogens is 1. The monoisotopic (exact) mass is 249 g/mol. The number of hydrogen-bond donors (Lipinski definition) is 1. The van der Waals surface area contributed by atoms with E-state index in [1.807, 2.05) is 6.07 Å². The van der Waals surface area contributed by atoms with Crippen LogP contribution >= 0.6 is 0 Å². The van der Waals surface area contributed by atoms with Crippen LogP contribution in [0.2, 0.25) is 0 Å². The van der Waals surface area contributed by atoms with Crippen molar-refractivity contribution < 1.29 is 4.39 Å². The zero-order valence-electron chi connectivity index (χ0n) is 11.5. The van der Waals surface area contributed by atoms with Crippen molar-refractivity contribution in [2.75, 3.05) is 6.54 Å². The topological polar surface area (TPSA) is 12.0 Å². The summed E-state index contributed by atoms with van der Waals surface area (Å²) in [5.41, 5.74) is 1.04. The minimum absolute atomic E-state index is 0.146. The van der Waals surface area contributed by atoms with Crippen molar-refractivity contribution in [3.8, 4) is 0 Å². The number of hydrogen-bond acceptors (Lipinski definition) is 1. The smallest absolute Gasteiger partial charge is 0.123 e. The molecule has 2 heteroatoms. The van der Waals surface area contributed by atoms with Gasteiger partial charge < -0.3 is 5.32 Å². The Bertz CT molecular complexity index is 377. The van der Waals surface area contributed by atoms with Crippen molar-refractivity contribution in [1.82, 2.24) is 5.32 Å². The highest BCUT2D eigenvalue weighted by molar-refractivity contribution is 5.19. The van der Waals surface area contributed by atoms with Gasteiger partial charge in [-0.1, -0.05) is 31.9 Å². The largest absolute Gasteiger partial charge is 0.310 e. The minimum Gasteiger partial charge on any atom is -0.310 e. The quantitative estimate of drug-likeness (QED) is 0.838. The molecule has 0 amide bonds. The molecule has 1 aliphatic carbocycles. The Labute approximate surface area is 110 Å². The van der Waals surface area contributed by atoms with Gasteiger partial charge >= 0.3 is 0 Å². The van der Waals surface area contributed by atoms with E-state index in [1.165, 1.54) is 31.7 Å². The molecule has 0 radical (unpaired) electrons. The second kappa shape index (κ2) is 6.33. The van der Waals surface area contributed by atoms with E-state index in [-0.39, 0.29) is 11.9 Å². The van der Waals surface area contributed by atoms with Crippen molar-refractivity contribution in [3.05, 3.63) is 35.6 Å². The molecule has 0 heterocycles. The molecule has 100 valence electrons. The maximum absolute atomic E-state index is 13.1. The SMILES string of the molecule is CC1CCCC(CNC(C)c2cccc(F)c2)C1. The first-order chi connectivity index (χ1) is 8.65. The molecule has 0 bridgehead atoms. The van der Waals surface area contributed by atoms with Gasteiger partial charge in [0, 0.05) is 6.04 Å². The number of rotatable bonds is 4. The van der Waals surface area contributed by atoms with E-state index < -0.39 is 0 Å². The molecule has 1 aliphatic rings. The van der Waals surface area contributed by atoms with Crippen LogP contribution in [-0.2, 0) is 0 Å². The Kier molecular flexibility index (Phi) is 4.76. The van der Waals surface area contributed by atoms with Gasteiger partial charge in [-0.2, -0.15) is 0 Å². The summed E-state index contributed by atoms with van der Waals surface area (Å²) < 4.78 is 13.1. The van der Waals surface area contributed by atoms with Crippen molar-refractivity contribution in [2.24, 2.45) is 11.8 Å². The summed E-state index contributed by atoms with van der Waals surface area (Å²) in [5, 5.41) is 3.55. The molecule has 1 saturated carbocycles. The van der Waals surface area contributed by atoms with Gasteiger partial charge in [0.2, 0.25) is 0 Å². The summed E-state index contributed by atoms with van der Waals surface area (Å²) >= 11 is 0. The van der Waals surface area contributed by atoms with Gasteiger partial charge in [-0.25, -0.2) is 4.39 Å². The third-order valence-electron chi connectivity index (χ3n) is 4.11. The van der Waals surface area contributed by atoms with Crippen LogP contribution in [0.15, 0.2) is 24.3 Å². The fourth-order valence-corrected chi connectivity index (χ4v) is 2.98. The van der Waals surface area contributed by atoms with E-state index in [9.17, 15) is 4.39 Å². The van der Waals surface area contributed by atoms with Crippen LogP contribution in [0.1, 0.15) is 51.1 Å². The summed E-state index contributed by atoms with van der Waals surface area (Å²) in [6.07, 6.45) is 5.42. The molecule has 0 spiro atoms. The zero-order chi connectivity index (χ0) is 13.0. The third-order valence-corrected chi connectivity index (χ3v) is 4.11. The van der Waals surface area contributed by atoms with Crippen molar-refractivity contribution in [2.45, 2.75) is 45.6 Å². The lowest BCUT2D eigenvalue weighted by atomic mass is 9.82. The van der Waals surface area contributed by atoms with Crippen LogP contribution in [-0.4, -0.2) is 6.54 Å². The second-order valence-electron chi connectivity index (χ2n) is 5.82. The molecule has 2 rings (SSSR count). The van der Waals surface area contributed by atoms with Gasteiger partial charge in [0.15, 0.2) is 0 Å². The van der Waals surface area contributed by atoms with Crippen molar-refractivity contribution in [3.63, 3.8) is 0 Å². The standard InChI is InChI=1S/C16H24FN/c1-12-5-3-6-14(9-12)11-18-13(2)15-7-4-8-16(17)10-15/h4,7-8,10,12-14,18H,3,5-6,9,11H2,1-2H3. The maximum Gasteiger partial charge on any atom is 0.123 e. The summed E-state index contributed by atoms with van der Waals surface area (Å²) in [4.78, 5) is 0. The van der Waals surface area contributed by atoms with Crippen molar-refractivity contribution >= 4 is 0 Å². The second-order valence-corrected chi connectivity index (χ2v) is 5.82. The highest BCUT2D eigenvalue weighted by Gasteiger charge is 2.19. The van der Waals surface area contributed by atoms with Crippen LogP contribution in [0, 0.1) is 17.7 Å². The summed E-state index contributed by atoms with van der Waals surface area (Å²) in [5.74, 6) is 1.52. The average Bonchev–Trinajstić information content (AvgIpc) is 2.36. The van der Waals surface area contributed by atoms with Crippen LogP contribution in [0.4, 0.5) is 4.39 Å². The number of nitrogens with one attached hydrogen (secondary N) is 1. The summed E-state index contributed by atoms with van der Waals surface area (Å²) in [6, 6.07) is 7.13. The molecule has 3 atom stereocenters. The van der Waals surface area contributed by atoms with E-state index in [0.717, 1.165) is 23.9 Å². The number of benzene rings is 1. The molecule has 0 aliphatic heterocycles. The van der Waals surface area contributed by atoms with E-state index in [0.29, 0.717) is 0 Å². The molecule has 1 nitrogen and oxygen atoms in total. The van der Waals surface area contributed by atoms with Gasteiger partial charge in [0.1, 0.15) is 5.82 Å². The van der Waals surface area contributed by atoms with Gasteiger partial charge in [0.25, 0.3) is 0 Å². The zero-order valence-corrected chi connectivity index (χ0v) is 11.5. The molecular formula is C16H24FN. The van der Waals surface area contributed by atoms with E-state index in [1.54, 1.807) is 12.1 Å². The highest BCUT2D eigenvalue weighted by atomic mass is 19.1. The lowest BCUT2D eigenvalue weighted by Gasteiger charge is -2.28.